The van der Waals surface area contributed by atoms with Crippen molar-refractivity contribution in [2.45, 2.75) is 6.92 Å². The highest BCUT2D eigenvalue weighted by molar-refractivity contribution is 14.1. The van der Waals surface area contributed by atoms with Gasteiger partial charge in [-0.25, -0.2) is 0 Å². The van der Waals surface area contributed by atoms with Gasteiger partial charge in [-0.1, -0.05) is 0 Å². The molecule has 1 aromatic carbocycles. The molecule has 0 radical (unpaired) electrons. The van der Waals surface area contributed by atoms with Crippen LogP contribution in [0.2, 0.25) is 0 Å². The average Bonchev–Trinajstić information content (AvgIpc) is 2.41. The zero-order chi connectivity index (χ0) is 15.3. The molecule has 1 rings (SSSR count). The van der Waals surface area contributed by atoms with Gasteiger partial charge in [0.05, 0.1) is 10.6 Å². The van der Waals surface area contributed by atoms with Crippen molar-refractivity contribution in [1.82, 2.24) is 0 Å². The summed E-state index contributed by atoms with van der Waals surface area (Å²) in [5, 5.41) is 39.9. The van der Waals surface area contributed by atoms with Gasteiger partial charge in [-0.15, -0.1) is 0 Å². The van der Waals surface area contributed by atoms with Gasteiger partial charge in [0.15, 0.2) is 5.57 Å². The van der Waals surface area contributed by atoms with E-state index in [1.165, 1.54) is 12.1 Å². The molecular formula is C12H6IN5O2. The van der Waals surface area contributed by atoms with Crippen molar-refractivity contribution in [2.75, 3.05) is 5.32 Å². The van der Waals surface area contributed by atoms with Gasteiger partial charge in [-0.2, -0.15) is 15.8 Å². The van der Waals surface area contributed by atoms with E-state index in [1.54, 1.807) is 25.1 Å². The molecular weight excluding hydrogens is 373 g/mol. The normalized spacial score (nSPS) is 8.75. The third-order valence-electron chi connectivity index (χ3n) is 2.32. The lowest BCUT2D eigenvalue weighted by Gasteiger charge is -2.10. The number of nitrogens with one attached hydrogen (secondary N) is 1. The molecule has 0 unspecified atom stereocenters. The summed E-state index contributed by atoms with van der Waals surface area (Å²) in [6, 6.07) is 7.64. The minimum Gasteiger partial charge on any atom is -0.344 e. The Balaban J connectivity index is 3.35. The summed E-state index contributed by atoms with van der Waals surface area (Å²) in [5.41, 5.74) is 0.383. The SMILES string of the molecule is Cc1cc([N+](=O)[O-])cc(I)c1NC(C#N)=C(C#N)C#N. The minimum absolute atomic E-state index is 0.0688. The second kappa shape index (κ2) is 6.50. The van der Waals surface area contributed by atoms with E-state index >= 15 is 0 Å². The maximum atomic E-state index is 10.7. The summed E-state index contributed by atoms with van der Waals surface area (Å²) in [4.78, 5) is 10.2. The van der Waals surface area contributed by atoms with Crippen molar-refractivity contribution >= 4 is 34.0 Å². The summed E-state index contributed by atoms with van der Waals surface area (Å²) in [5.74, 6) is 0. The fraction of sp³-hybridized carbons (Fsp3) is 0.0833. The summed E-state index contributed by atoms with van der Waals surface area (Å²) >= 11 is 1.88. The molecule has 0 aliphatic rings. The van der Waals surface area contributed by atoms with Crippen molar-refractivity contribution < 1.29 is 4.92 Å². The Morgan fingerprint density at radius 1 is 1.30 bits per heavy atom. The summed E-state index contributed by atoms with van der Waals surface area (Å²) in [6.07, 6.45) is 0. The smallest absolute Gasteiger partial charge is 0.270 e. The molecule has 0 spiro atoms. The van der Waals surface area contributed by atoms with Gasteiger partial charge in [0.1, 0.15) is 23.9 Å². The van der Waals surface area contributed by atoms with Crippen LogP contribution in [0, 0.1) is 54.6 Å². The van der Waals surface area contributed by atoms with Crippen molar-refractivity contribution in [1.29, 1.82) is 15.8 Å². The number of hydrogen-bond donors (Lipinski definition) is 1. The predicted molar refractivity (Wildman–Crippen MR) is 78.0 cm³/mol. The first-order chi connectivity index (χ1) is 9.44. The molecule has 0 saturated carbocycles. The number of halogens is 1. The quantitative estimate of drug-likeness (QED) is 0.372. The van der Waals surface area contributed by atoms with E-state index in [1.807, 2.05) is 22.6 Å². The van der Waals surface area contributed by atoms with Gasteiger partial charge in [-0.05, 0) is 35.1 Å². The van der Waals surface area contributed by atoms with E-state index in [4.69, 9.17) is 15.8 Å². The Labute approximate surface area is 128 Å². The number of aryl methyl sites for hydroxylation is 1. The Morgan fingerprint density at radius 2 is 1.90 bits per heavy atom. The molecule has 0 amide bonds. The number of allylic oxidation sites excluding steroid dienone is 2. The second-order valence-corrected chi connectivity index (χ2v) is 4.75. The zero-order valence-electron chi connectivity index (χ0n) is 10.1. The molecule has 1 aromatic rings. The van der Waals surface area contributed by atoms with Crippen molar-refractivity contribution in [3.63, 3.8) is 0 Å². The average molecular weight is 379 g/mol. The van der Waals surface area contributed by atoms with Crippen LogP contribution in [0.4, 0.5) is 11.4 Å². The Morgan fingerprint density at radius 3 is 2.30 bits per heavy atom. The number of benzene rings is 1. The van der Waals surface area contributed by atoms with Crippen molar-refractivity contribution in [3.05, 3.63) is 42.7 Å². The van der Waals surface area contributed by atoms with Crippen LogP contribution in [0.25, 0.3) is 0 Å². The lowest BCUT2D eigenvalue weighted by molar-refractivity contribution is -0.385. The summed E-state index contributed by atoms with van der Waals surface area (Å²) in [7, 11) is 0. The van der Waals surface area contributed by atoms with Gasteiger partial charge >= 0.3 is 0 Å². The van der Waals surface area contributed by atoms with Gasteiger partial charge in [0, 0.05) is 15.7 Å². The molecule has 0 aliphatic heterocycles. The largest absolute Gasteiger partial charge is 0.344 e. The Hall–Kier alpha value is -2.64. The molecule has 7 nitrogen and oxygen atoms in total. The van der Waals surface area contributed by atoms with Crippen LogP contribution in [0.5, 0.6) is 0 Å². The molecule has 0 saturated heterocycles. The van der Waals surface area contributed by atoms with Crippen LogP contribution >= 0.6 is 22.6 Å². The third-order valence-corrected chi connectivity index (χ3v) is 3.17. The highest BCUT2D eigenvalue weighted by Gasteiger charge is 2.15. The molecule has 0 fully saturated rings. The van der Waals surface area contributed by atoms with Crippen LogP contribution < -0.4 is 5.32 Å². The molecule has 8 heteroatoms. The number of nitro groups is 1. The maximum Gasteiger partial charge on any atom is 0.270 e. The first kappa shape index (κ1) is 15.4. The maximum absolute atomic E-state index is 10.7. The van der Waals surface area contributed by atoms with Gasteiger partial charge in [0.25, 0.3) is 5.69 Å². The lowest BCUT2D eigenvalue weighted by Crippen LogP contribution is -2.04. The number of nitrogens with zero attached hydrogens (tertiary/aromatic N) is 4. The third kappa shape index (κ3) is 3.22. The fourth-order valence-corrected chi connectivity index (χ4v) is 2.28. The van der Waals surface area contributed by atoms with E-state index in [0.29, 0.717) is 14.8 Å². The lowest BCUT2D eigenvalue weighted by atomic mass is 10.1. The molecule has 1 N–H and O–H groups in total. The highest BCUT2D eigenvalue weighted by atomic mass is 127. The summed E-state index contributed by atoms with van der Waals surface area (Å²) < 4.78 is 0.511. The number of nitriles is 3. The summed E-state index contributed by atoms with van der Waals surface area (Å²) in [6.45, 7) is 1.63. The van der Waals surface area contributed by atoms with E-state index in [0.717, 1.165) is 0 Å². The standard InChI is InChI=1S/C12H6IN5O2/c1-7-2-9(18(19)20)3-10(13)12(7)17-11(6-16)8(4-14)5-15/h2-3,17H,1H3. The monoisotopic (exact) mass is 379 g/mol. The van der Waals surface area contributed by atoms with Crippen LogP contribution in [0.1, 0.15) is 5.56 Å². The topological polar surface area (TPSA) is 127 Å². The number of anilines is 1. The van der Waals surface area contributed by atoms with Crippen LogP contribution in [-0.2, 0) is 0 Å². The number of non-ortho nitro benzene ring substituents is 1. The molecule has 0 aromatic heterocycles. The van der Waals surface area contributed by atoms with Gasteiger partial charge in [0.2, 0.25) is 0 Å². The first-order valence-electron chi connectivity index (χ1n) is 5.10. The van der Waals surface area contributed by atoms with E-state index in [-0.39, 0.29) is 17.0 Å². The van der Waals surface area contributed by atoms with Gasteiger partial charge < -0.3 is 5.32 Å². The van der Waals surface area contributed by atoms with Crippen LogP contribution in [-0.4, -0.2) is 4.92 Å². The highest BCUT2D eigenvalue weighted by Crippen LogP contribution is 2.29. The molecule has 0 heterocycles. The Kier molecular flexibility index (Phi) is 5.01. The van der Waals surface area contributed by atoms with Crippen LogP contribution in [0.15, 0.2) is 23.4 Å². The molecule has 20 heavy (non-hydrogen) atoms. The van der Waals surface area contributed by atoms with Crippen molar-refractivity contribution in [3.8, 4) is 18.2 Å². The van der Waals surface area contributed by atoms with E-state index in [2.05, 4.69) is 5.32 Å². The number of nitro benzene ring substituents is 1. The molecule has 0 bridgehead atoms. The number of hydrogen-bond acceptors (Lipinski definition) is 6. The fourth-order valence-electron chi connectivity index (χ4n) is 1.40. The van der Waals surface area contributed by atoms with E-state index < -0.39 is 4.92 Å². The minimum atomic E-state index is -0.518. The number of rotatable bonds is 3. The zero-order valence-corrected chi connectivity index (χ0v) is 12.3. The predicted octanol–water partition coefficient (Wildman–Crippen LogP) is 2.74. The van der Waals surface area contributed by atoms with E-state index in [9.17, 15) is 10.1 Å². The van der Waals surface area contributed by atoms with Crippen molar-refractivity contribution in [2.24, 2.45) is 0 Å². The second-order valence-electron chi connectivity index (χ2n) is 3.59. The van der Waals surface area contributed by atoms with Gasteiger partial charge in [-0.3, -0.25) is 10.1 Å². The molecule has 98 valence electrons. The molecule has 0 atom stereocenters. The first-order valence-corrected chi connectivity index (χ1v) is 6.18. The van der Waals surface area contributed by atoms with Crippen LogP contribution in [0.3, 0.4) is 0 Å². The Bertz CT molecular complexity index is 695. The molecule has 0 aliphatic carbocycles.